The normalized spacial score (nSPS) is 18.1. The molecule has 1 aliphatic rings. The van der Waals surface area contributed by atoms with Crippen molar-refractivity contribution in [2.45, 2.75) is 45.0 Å². The summed E-state index contributed by atoms with van der Waals surface area (Å²) >= 11 is 5.82. The van der Waals surface area contributed by atoms with E-state index in [0.717, 1.165) is 19.3 Å². The van der Waals surface area contributed by atoms with Gasteiger partial charge in [0.05, 0.1) is 0 Å². The molecule has 0 bridgehead atoms. The predicted octanol–water partition coefficient (Wildman–Crippen LogP) is 3.32. The van der Waals surface area contributed by atoms with Crippen LogP contribution in [0.25, 0.3) is 0 Å². The second-order valence-corrected chi connectivity index (χ2v) is 5.30. The average molecular weight is 291 g/mol. The number of nitrogens with zero attached hydrogens (tertiary/aromatic N) is 3. The molecule has 1 N–H and O–H groups in total. The Labute approximate surface area is 116 Å². The fourth-order valence-corrected chi connectivity index (χ4v) is 2.26. The van der Waals surface area contributed by atoms with Gasteiger partial charge >= 0.3 is 0 Å². The Balaban J connectivity index is 1.87. The van der Waals surface area contributed by atoms with Crippen molar-refractivity contribution in [3.63, 3.8) is 0 Å². The van der Waals surface area contributed by atoms with E-state index in [0.29, 0.717) is 18.3 Å². The highest BCUT2D eigenvalue weighted by molar-refractivity contribution is 6.28. The highest BCUT2D eigenvalue weighted by Gasteiger charge is 2.44. The molecule has 0 unspecified atom stereocenters. The van der Waals surface area contributed by atoms with Crippen LogP contribution in [0.4, 0.5) is 14.7 Å². The lowest BCUT2D eigenvalue weighted by Gasteiger charge is -2.34. The van der Waals surface area contributed by atoms with E-state index in [-0.39, 0.29) is 24.0 Å². The van der Waals surface area contributed by atoms with Crippen LogP contribution < -0.4 is 5.32 Å². The van der Waals surface area contributed by atoms with Crippen molar-refractivity contribution < 1.29 is 8.78 Å². The number of hydrogen-bond donors (Lipinski definition) is 1. The molecule has 4 nitrogen and oxygen atoms in total. The molecule has 0 spiro atoms. The first-order valence-corrected chi connectivity index (χ1v) is 6.88. The molecular formula is C12H17ClF2N4. The van der Waals surface area contributed by atoms with Crippen molar-refractivity contribution in [1.29, 1.82) is 0 Å². The molecule has 0 aromatic carbocycles. The van der Waals surface area contributed by atoms with Crippen molar-refractivity contribution in [3.8, 4) is 0 Å². The van der Waals surface area contributed by atoms with Gasteiger partial charge in [-0.05, 0) is 23.9 Å². The maximum atomic E-state index is 12.7. The SMILES string of the molecule is CCCCc1nc(Cl)nc(NCC2CC(F)(F)C2)n1. The molecular weight excluding hydrogens is 274 g/mol. The third-order valence-electron chi connectivity index (χ3n) is 3.13. The number of hydrogen-bond acceptors (Lipinski definition) is 4. The molecule has 0 amide bonds. The van der Waals surface area contributed by atoms with Gasteiger partial charge in [-0.25, -0.2) is 13.8 Å². The summed E-state index contributed by atoms with van der Waals surface area (Å²) < 4.78 is 25.4. The Bertz CT molecular complexity index is 434. The molecule has 1 aliphatic carbocycles. The maximum Gasteiger partial charge on any atom is 0.248 e. The van der Waals surface area contributed by atoms with E-state index in [9.17, 15) is 8.78 Å². The van der Waals surface area contributed by atoms with Crippen LogP contribution in [0.15, 0.2) is 0 Å². The molecule has 1 aromatic heterocycles. The third-order valence-corrected chi connectivity index (χ3v) is 3.30. The van der Waals surface area contributed by atoms with Gasteiger partial charge in [-0.1, -0.05) is 13.3 Å². The molecule has 19 heavy (non-hydrogen) atoms. The first kappa shape index (κ1) is 14.4. The standard InChI is InChI=1S/C12H17ClF2N4/c1-2-3-4-9-17-10(13)19-11(18-9)16-7-8-5-12(14,15)6-8/h8H,2-7H2,1H3,(H,16,17,18,19). The minimum atomic E-state index is -2.49. The Morgan fingerprint density at radius 3 is 2.68 bits per heavy atom. The van der Waals surface area contributed by atoms with Gasteiger partial charge in [0, 0.05) is 25.8 Å². The zero-order valence-corrected chi connectivity index (χ0v) is 11.6. The van der Waals surface area contributed by atoms with Crippen molar-refractivity contribution in [1.82, 2.24) is 15.0 Å². The van der Waals surface area contributed by atoms with Crippen LogP contribution in [0.1, 0.15) is 38.4 Å². The number of aromatic nitrogens is 3. The molecule has 0 atom stereocenters. The molecule has 7 heteroatoms. The topological polar surface area (TPSA) is 50.7 Å². The van der Waals surface area contributed by atoms with Gasteiger partial charge in [0.25, 0.3) is 0 Å². The smallest absolute Gasteiger partial charge is 0.248 e. The third kappa shape index (κ3) is 4.23. The summed E-state index contributed by atoms with van der Waals surface area (Å²) in [4.78, 5) is 12.2. The van der Waals surface area contributed by atoms with Crippen molar-refractivity contribution >= 4 is 17.5 Å². The Hall–Kier alpha value is -1.04. The van der Waals surface area contributed by atoms with E-state index in [4.69, 9.17) is 11.6 Å². The Kier molecular flexibility index (Phi) is 4.50. The molecule has 0 saturated heterocycles. The second-order valence-electron chi connectivity index (χ2n) is 4.96. The van der Waals surface area contributed by atoms with Crippen LogP contribution in [0.3, 0.4) is 0 Å². The van der Waals surface area contributed by atoms with E-state index in [2.05, 4.69) is 27.2 Å². The molecule has 1 heterocycles. The molecule has 0 aliphatic heterocycles. The second kappa shape index (κ2) is 5.94. The monoisotopic (exact) mass is 290 g/mol. The number of nitrogens with one attached hydrogen (secondary N) is 1. The first-order valence-electron chi connectivity index (χ1n) is 6.50. The highest BCUT2D eigenvalue weighted by Crippen LogP contribution is 2.42. The summed E-state index contributed by atoms with van der Waals surface area (Å²) in [6.45, 7) is 2.53. The van der Waals surface area contributed by atoms with Crippen LogP contribution in [0.5, 0.6) is 0 Å². The van der Waals surface area contributed by atoms with E-state index in [1.165, 1.54) is 0 Å². The lowest BCUT2D eigenvalue weighted by molar-refractivity contribution is -0.106. The van der Waals surface area contributed by atoms with Gasteiger partial charge in [0.2, 0.25) is 17.2 Å². The highest BCUT2D eigenvalue weighted by atomic mass is 35.5. The van der Waals surface area contributed by atoms with Crippen molar-refractivity contribution in [2.75, 3.05) is 11.9 Å². The fraction of sp³-hybridized carbons (Fsp3) is 0.750. The Morgan fingerprint density at radius 1 is 1.32 bits per heavy atom. The summed E-state index contributed by atoms with van der Waals surface area (Å²) in [5, 5.41) is 3.10. The van der Waals surface area contributed by atoms with Crippen LogP contribution in [-0.4, -0.2) is 27.4 Å². The molecule has 0 radical (unpaired) electrons. The molecule has 1 saturated carbocycles. The lowest BCUT2D eigenvalue weighted by atomic mass is 9.81. The van der Waals surface area contributed by atoms with E-state index >= 15 is 0 Å². The summed E-state index contributed by atoms with van der Waals surface area (Å²) in [7, 11) is 0. The van der Waals surface area contributed by atoms with Crippen LogP contribution in [0, 0.1) is 5.92 Å². The fourth-order valence-electron chi connectivity index (χ4n) is 2.08. The molecule has 1 aromatic rings. The lowest BCUT2D eigenvalue weighted by Crippen LogP contribution is -2.39. The molecule has 2 rings (SSSR count). The zero-order valence-electron chi connectivity index (χ0n) is 10.8. The zero-order chi connectivity index (χ0) is 13.9. The minimum Gasteiger partial charge on any atom is -0.354 e. The summed E-state index contributed by atoms with van der Waals surface area (Å²) in [5.41, 5.74) is 0. The summed E-state index contributed by atoms with van der Waals surface area (Å²) in [5.74, 6) is -1.50. The van der Waals surface area contributed by atoms with E-state index in [1.807, 2.05) is 0 Å². The Morgan fingerprint density at radius 2 is 2.05 bits per heavy atom. The number of aryl methyl sites for hydroxylation is 1. The van der Waals surface area contributed by atoms with Gasteiger partial charge in [0.1, 0.15) is 5.82 Å². The quantitative estimate of drug-likeness (QED) is 0.873. The number of halogens is 3. The van der Waals surface area contributed by atoms with Crippen LogP contribution >= 0.6 is 11.6 Å². The largest absolute Gasteiger partial charge is 0.354 e. The maximum absolute atomic E-state index is 12.7. The number of unbranched alkanes of at least 4 members (excludes halogenated alkanes) is 1. The van der Waals surface area contributed by atoms with Gasteiger partial charge in [-0.2, -0.15) is 9.97 Å². The van der Waals surface area contributed by atoms with Crippen LogP contribution in [-0.2, 0) is 6.42 Å². The number of anilines is 1. The molecule has 1 fully saturated rings. The van der Waals surface area contributed by atoms with Gasteiger partial charge < -0.3 is 5.32 Å². The van der Waals surface area contributed by atoms with E-state index in [1.54, 1.807) is 0 Å². The summed E-state index contributed by atoms with van der Waals surface area (Å²) in [6.07, 6.45) is 2.63. The van der Waals surface area contributed by atoms with Gasteiger partial charge in [-0.3, -0.25) is 0 Å². The van der Waals surface area contributed by atoms with Gasteiger partial charge in [-0.15, -0.1) is 0 Å². The van der Waals surface area contributed by atoms with Gasteiger partial charge in [0.15, 0.2) is 0 Å². The predicted molar refractivity (Wildman–Crippen MR) is 69.6 cm³/mol. The first-order chi connectivity index (χ1) is 8.98. The number of rotatable bonds is 6. The molecule has 106 valence electrons. The van der Waals surface area contributed by atoms with Crippen LogP contribution in [0.2, 0.25) is 5.28 Å². The van der Waals surface area contributed by atoms with E-state index < -0.39 is 5.92 Å². The minimum absolute atomic E-state index is 0.0235. The summed E-state index contributed by atoms with van der Waals surface area (Å²) in [6, 6.07) is 0. The van der Waals surface area contributed by atoms with Crippen molar-refractivity contribution in [2.24, 2.45) is 5.92 Å². The average Bonchev–Trinajstić information content (AvgIpc) is 2.30. The number of alkyl halides is 2. The van der Waals surface area contributed by atoms with Crippen molar-refractivity contribution in [3.05, 3.63) is 11.1 Å².